The molecule has 1 atom stereocenters. The van der Waals surface area contributed by atoms with E-state index in [-0.39, 0.29) is 10.9 Å². The molecule has 1 unspecified atom stereocenters. The molecule has 0 radical (unpaired) electrons. The number of rotatable bonds is 11. The maximum absolute atomic E-state index is 12.9. The number of aromatic nitrogens is 3. The molecular weight excluding hydrogens is 660 g/mol. The first-order valence-corrected chi connectivity index (χ1v) is 18.5. The van der Waals surface area contributed by atoms with Crippen LogP contribution in [0.15, 0.2) is 30.6 Å². The largest absolute Gasteiger partial charge is 0.393 e. The minimum absolute atomic E-state index is 0.172. The maximum atomic E-state index is 12.9. The molecule has 3 aliphatic rings. The van der Waals surface area contributed by atoms with Crippen molar-refractivity contribution in [3.05, 3.63) is 52.3 Å². The third-order valence-corrected chi connectivity index (χ3v) is 12.1. The van der Waals surface area contributed by atoms with Crippen LogP contribution in [0.3, 0.4) is 0 Å². The molecule has 0 amide bonds. The number of piperidine rings is 1. The Morgan fingerprint density at radius 1 is 0.979 bits per heavy atom. The lowest BCUT2D eigenvalue weighted by Crippen LogP contribution is -2.50. The summed E-state index contributed by atoms with van der Waals surface area (Å²) in [7, 11) is 0. The van der Waals surface area contributed by atoms with Crippen molar-refractivity contribution < 1.29 is 17.4 Å². The summed E-state index contributed by atoms with van der Waals surface area (Å²) in [5.74, 6) is 0.599. The van der Waals surface area contributed by atoms with Crippen molar-refractivity contribution in [2.45, 2.75) is 70.4 Å². The number of nitrogens with zero attached hydrogens (tertiary/aromatic N) is 7. The van der Waals surface area contributed by atoms with Crippen LogP contribution in [-0.4, -0.2) is 96.9 Å². The first-order chi connectivity index (χ1) is 23.1. The van der Waals surface area contributed by atoms with Crippen molar-refractivity contribution in [2.75, 3.05) is 51.1 Å². The van der Waals surface area contributed by atoms with Crippen molar-refractivity contribution in [3.63, 3.8) is 0 Å². The molecule has 4 aromatic rings. The van der Waals surface area contributed by atoms with E-state index in [4.69, 9.17) is 0 Å². The Morgan fingerprint density at radius 3 is 2.46 bits per heavy atom. The van der Waals surface area contributed by atoms with Crippen molar-refractivity contribution in [2.24, 2.45) is 0 Å². The average molecular weight is 700 g/mol. The van der Waals surface area contributed by atoms with Crippen LogP contribution >= 0.6 is 11.3 Å². The number of aryl methyl sites for hydroxylation is 1. The predicted octanol–water partition coefficient (Wildman–Crippen LogP) is 4.96. The molecule has 1 saturated carbocycles. The van der Waals surface area contributed by atoms with Gasteiger partial charge in [-0.05, 0) is 61.9 Å². The minimum Gasteiger partial charge on any atom is -0.367 e. The number of alkyl halides is 3. The summed E-state index contributed by atoms with van der Waals surface area (Å²) in [4.78, 5) is 14.2. The molecule has 1 aromatic carbocycles. The SMILES string of the molecule is Cc1c(CN2CCC(Nc3ncnc4sc(CC(F)(F)F)cc34)CC2)ccc2c1cc(C#N)n2CCN1CCN(S(=O)NC2CC2)CC1. The van der Waals surface area contributed by atoms with E-state index in [2.05, 4.69) is 59.5 Å². The van der Waals surface area contributed by atoms with Gasteiger partial charge in [-0.2, -0.15) is 18.4 Å². The molecule has 2 N–H and O–H groups in total. The van der Waals surface area contributed by atoms with E-state index in [1.807, 2.05) is 10.4 Å². The second-order valence-corrected chi connectivity index (χ2v) is 15.5. The highest BCUT2D eigenvalue weighted by molar-refractivity contribution is 7.80. The van der Waals surface area contributed by atoms with Crippen LogP contribution in [-0.2, 0) is 30.7 Å². The van der Waals surface area contributed by atoms with E-state index in [1.54, 1.807) is 6.07 Å². The van der Waals surface area contributed by atoms with E-state index < -0.39 is 23.8 Å². The predicted molar refractivity (Wildman–Crippen MR) is 183 cm³/mol. The Labute approximate surface area is 284 Å². The molecule has 7 rings (SSSR count). The van der Waals surface area contributed by atoms with E-state index in [9.17, 15) is 22.6 Å². The number of piperazine rings is 1. The smallest absolute Gasteiger partial charge is 0.367 e. The Kier molecular flexibility index (Phi) is 9.74. The van der Waals surface area contributed by atoms with Gasteiger partial charge in [0.15, 0.2) is 11.2 Å². The van der Waals surface area contributed by atoms with Crippen LogP contribution in [0.2, 0.25) is 0 Å². The Hall–Kier alpha value is -3.13. The quantitative estimate of drug-likeness (QED) is 0.228. The van der Waals surface area contributed by atoms with Crippen molar-refractivity contribution in [3.8, 4) is 6.07 Å². The zero-order chi connectivity index (χ0) is 33.4. The number of nitrogens with one attached hydrogen (secondary N) is 2. The number of thiophene rings is 1. The Bertz CT molecular complexity index is 1830. The molecule has 5 heterocycles. The lowest BCUT2D eigenvalue weighted by atomic mass is 10.0. The number of anilines is 1. The summed E-state index contributed by atoms with van der Waals surface area (Å²) >= 11 is -0.0360. The number of likely N-dealkylation sites (tertiary alicyclic amines) is 1. The third-order valence-electron chi connectivity index (χ3n) is 9.71. The van der Waals surface area contributed by atoms with Crippen molar-refractivity contribution in [1.29, 1.82) is 5.26 Å². The van der Waals surface area contributed by atoms with Gasteiger partial charge in [-0.1, -0.05) is 6.07 Å². The maximum Gasteiger partial charge on any atom is 0.393 e. The van der Waals surface area contributed by atoms with Gasteiger partial charge in [0.2, 0.25) is 0 Å². The number of halogens is 3. The first-order valence-electron chi connectivity index (χ1n) is 16.6. The van der Waals surface area contributed by atoms with Gasteiger partial charge in [0.05, 0.1) is 11.8 Å². The van der Waals surface area contributed by atoms with E-state index in [0.717, 1.165) is 107 Å². The van der Waals surface area contributed by atoms with Crippen LogP contribution in [0.5, 0.6) is 0 Å². The zero-order valence-corrected chi connectivity index (χ0v) is 28.6. The topological polar surface area (TPSA) is 105 Å². The lowest BCUT2D eigenvalue weighted by molar-refractivity contribution is -0.126. The molecule has 1 aliphatic carbocycles. The fraction of sp³-hybridized carbons (Fsp3) is 0.545. The van der Waals surface area contributed by atoms with Crippen molar-refractivity contribution >= 4 is 49.4 Å². The highest BCUT2D eigenvalue weighted by Gasteiger charge is 2.30. The second kappa shape index (κ2) is 14.0. The molecule has 15 heteroatoms. The normalized spacial score (nSPS) is 19.6. The highest BCUT2D eigenvalue weighted by atomic mass is 32.2. The van der Waals surface area contributed by atoms with Gasteiger partial charge in [-0.3, -0.25) is 9.80 Å². The molecule has 0 spiro atoms. The zero-order valence-electron chi connectivity index (χ0n) is 26.9. The standard InChI is InChI=1S/C33H40F3N9OS2/c1-22-23(20-43-8-6-24(7-9-43)40-31-29-17-27(18-33(34,35)36)47-32(29)39-21-38-31)2-5-30-28(22)16-26(19-37)45(30)15-12-42-10-13-44(14-11-42)48(46)41-25-3-4-25/h2,5,16-17,21,24-25,41H,3-4,6-15,18,20H2,1H3,(H,38,39,40). The second-order valence-electron chi connectivity index (χ2n) is 13.1. The lowest BCUT2D eigenvalue weighted by Gasteiger charge is -2.33. The van der Waals surface area contributed by atoms with E-state index >= 15 is 0 Å². The monoisotopic (exact) mass is 699 g/mol. The molecule has 2 saturated heterocycles. The van der Waals surface area contributed by atoms with Gasteiger partial charge in [-0.25, -0.2) is 23.2 Å². The number of hydrogen-bond donors (Lipinski definition) is 2. The molecule has 256 valence electrons. The van der Waals surface area contributed by atoms with Gasteiger partial charge >= 0.3 is 6.18 Å². The number of benzene rings is 1. The van der Waals surface area contributed by atoms with Gasteiger partial charge in [-0.15, -0.1) is 11.3 Å². The Morgan fingerprint density at radius 2 is 1.75 bits per heavy atom. The van der Waals surface area contributed by atoms with E-state index in [1.165, 1.54) is 17.5 Å². The molecule has 10 nitrogen and oxygen atoms in total. The summed E-state index contributed by atoms with van der Waals surface area (Å²) in [6.45, 7) is 9.53. The molecule has 3 fully saturated rings. The molecule has 48 heavy (non-hydrogen) atoms. The van der Waals surface area contributed by atoms with Crippen LogP contribution < -0.4 is 10.0 Å². The van der Waals surface area contributed by atoms with Crippen molar-refractivity contribution in [1.82, 2.24) is 33.4 Å². The van der Waals surface area contributed by atoms with Crippen LogP contribution in [0, 0.1) is 18.3 Å². The molecular formula is C33H40F3N9OS2. The first kappa shape index (κ1) is 33.4. The van der Waals surface area contributed by atoms with Crippen LogP contribution in [0.4, 0.5) is 19.0 Å². The fourth-order valence-electron chi connectivity index (χ4n) is 6.78. The van der Waals surface area contributed by atoms with Crippen LogP contribution in [0.25, 0.3) is 21.1 Å². The number of fused-ring (bicyclic) bond motifs is 2. The van der Waals surface area contributed by atoms with Gasteiger partial charge in [0.1, 0.15) is 28.7 Å². The summed E-state index contributed by atoms with van der Waals surface area (Å²) in [6, 6.07) is 10.9. The van der Waals surface area contributed by atoms with Crippen LogP contribution in [0.1, 0.15) is 47.4 Å². The Balaban J connectivity index is 0.941. The third kappa shape index (κ3) is 7.69. The van der Waals surface area contributed by atoms with Gasteiger partial charge in [0.25, 0.3) is 0 Å². The average Bonchev–Trinajstić information content (AvgIpc) is 3.66. The molecule has 3 aromatic heterocycles. The molecule has 2 aliphatic heterocycles. The number of hydrogen-bond acceptors (Lipinski definition) is 8. The summed E-state index contributed by atoms with van der Waals surface area (Å²) in [5, 5.41) is 15.2. The fourth-order valence-corrected chi connectivity index (χ4v) is 8.97. The summed E-state index contributed by atoms with van der Waals surface area (Å²) in [5.41, 5.74) is 4.18. The molecule has 0 bridgehead atoms. The summed E-state index contributed by atoms with van der Waals surface area (Å²) < 4.78 is 58.7. The summed E-state index contributed by atoms with van der Waals surface area (Å²) in [6.07, 6.45) is 0.212. The van der Waals surface area contributed by atoms with E-state index in [0.29, 0.717) is 27.8 Å². The number of nitriles is 1. The highest BCUT2D eigenvalue weighted by Crippen LogP contribution is 2.33. The van der Waals surface area contributed by atoms with Gasteiger partial charge in [0, 0.05) is 86.8 Å². The minimum atomic E-state index is -4.26. The van der Waals surface area contributed by atoms with Gasteiger partial charge < -0.3 is 9.88 Å².